The molecule has 2 aromatic rings. The van der Waals surface area contributed by atoms with Crippen LogP contribution in [0.4, 0.5) is 5.69 Å². The summed E-state index contributed by atoms with van der Waals surface area (Å²) < 4.78 is 1.90. The fourth-order valence-corrected chi connectivity index (χ4v) is 1.45. The first-order chi connectivity index (χ1) is 7.20. The molecule has 3 N–H and O–H groups in total. The van der Waals surface area contributed by atoms with Gasteiger partial charge in [-0.05, 0) is 25.1 Å². The molecule has 1 aromatic carbocycles. The first-order valence-electron chi connectivity index (χ1n) is 4.71. The minimum Gasteiger partial charge on any atom is -0.398 e. The highest BCUT2D eigenvalue weighted by molar-refractivity contribution is 5.52. The molecule has 0 unspecified atom stereocenters. The molecule has 0 bridgehead atoms. The highest BCUT2D eigenvalue weighted by Gasteiger charge is 2.02. The van der Waals surface area contributed by atoms with Crippen LogP contribution in [0.15, 0.2) is 30.7 Å². The largest absolute Gasteiger partial charge is 0.398 e. The summed E-state index contributed by atoms with van der Waals surface area (Å²) in [6.07, 6.45) is 3.66. The zero-order valence-electron chi connectivity index (χ0n) is 8.51. The predicted molar refractivity (Wildman–Crippen MR) is 58.6 cm³/mol. The molecule has 4 nitrogen and oxygen atoms in total. The second-order valence-electron chi connectivity index (χ2n) is 3.46. The zero-order chi connectivity index (χ0) is 10.8. The topological polar surface area (TPSA) is 64.1 Å². The first kappa shape index (κ1) is 9.73. The van der Waals surface area contributed by atoms with Crippen LogP contribution in [-0.4, -0.2) is 14.7 Å². The van der Waals surface area contributed by atoms with E-state index < -0.39 is 0 Å². The molecule has 15 heavy (non-hydrogen) atoms. The number of aliphatic hydroxyl groups excluding tert-OH is 1. The Balaban J connectivity index is 2.45. The number of benzene rings is 1. The van der Waals surface area contributed by atoms with E-state index >= 15 is 0 Å². The third kappa shape index (κ3) is 1.85. The van der Waals surface area contributed by atoms with Crippen LogP contribution in [-0.2, 0) is 6.61 Å². The van der Waals surface area contributed by atoms with Gasteiger partial charge in [-0.2, -0.15) is 0 Å². The molecule has 0 spiro atoms. The van der Waals surface area contributed by atoms with E-state index in [4.69, 9.17) is 10.8 Å². The van der Waals surface area contributed by atoms with E-state index in [-0.39, 0.29) is 6.61 Å². The quantitative estimate of drug-likeness (QED) is 0.722. The molecule has 0 aliphatic heterocycles. The summed E-state index contributed by atoms with van der Waals surface area (Å²) >= 11 is 0. The van der Waals surface area contributed by atoms with Gasteiger partial charge < -0.3 is 15.4 Å². The smallest absolute Gasteiger partial charge is 0.0995 e. The molecule has 0 amide bonds. The lowest BCUT2D eigenvalue weighted by molar-refractivity contribution is 0.282. The van der Waals surface area contributed by atoms with Crippen molar-refractivity contribution in [2.75, 3.05) is 5.73 Å². The van der Waals surface area contributed by atoms with Gasteiger partial charge in [-0.25, -0.2) is 4.98 Å². The summed E-state index contributed by atoms with van der Waals surface area (Å²) in [5.41, 5.74) is 8.95. The van der Waals surface area contributed by atoms with Gasteiger partial charge in [0, 0.05) is 23.1 Å². The maximum absolute atomic E-state index is 9.09. The summed E-state index contributed by atoms with van der Waals surface area (Å²) in [6, 6.07) is 5.54. The molecule has 0 saturated carbocycles. The zero-order valence-corrected chi connectivity index (χ0v) is 8.51. The molecule has 0 fully saturated rings. The number of anilines is 1. The summed E-state index contributed by atoms with van der Waals surface area (Å²) in [7, 11) is 0. The number of nitrogens with two attached hydrogens (primary N) is 1. The number of nitrogens with zero attached hydrogens (tertiary/aromatic N) is 2. The third-order valence-corrected chi connectivity index (χ3v) is 2.31. The van der Waals surface area contributed by atoms with Gasteiger partial charge in [-0.3, -0.25) is 0 Å². The number of hydrogen-bond donors (Lipinski definition) is 2. The Morgan fingerprint density at radius 1 is 1.47 bits per heavy atom. The molecule has 0 saturated heterocycles. The Labute approximate surface area is 88.0 Å². The predicted octanol–water partition coefficient (Wildman–Crippen LogP) is 1.26. The van der Waals surface area contributed by atoms with E-state index in [9.17, 15) is 0 Å². The Bertz CT molecular complexity index is 476. The number of aliphatic hydroxyl groups is 1. The highest BCUT2D eigenvalue weighted by atomic mass is 16.3. The molecule has 0 radical (unpaired) electrons. The minimum atomic E-state index is -0.0483. The molecule has 0 aliphatic rings. The second-order valence-corrected chi connectivity index (χ2v) is 3.46. The van der Waals surface area contributed by atoms with Gasteiger partial charge in [0.15, 0.2) is 0 Å². The van der Waals surface area contributed by atoms with E-state index in [1.54, 1.807) is 12.4 Å². The molecular weight excluding hydrogens is 190 g/mol. The van der Waals surface area contributed by atoms with E-state index in [1.807, 2.05) is 29.8 Å². The van der Waals surface area contributed by atoms with Crippen LogP contribution < -0.4 is 5.73 Å². The van der Waals surface area contributed by atoms with Crippen LogP contribution in [0.2, 0.25) is 0 Å². The van der Waals surface area contributed by atoms with E-state index in [1.165, 1.54) is 0 Å². The van der Waals surface area contributed by atoms with Crippen molar-refractivity contribution in [3.8, 4) is 5.69 Å². The van der Waals surface area contributed by atoms with Crippen LogP contribution in [0, 0.1) is 6.92 Å². The van der Waals surface area contributed by atoms with Gasteiger partial charge in [0.1, 0.15) is 0 Å². The van der Waals surface area contributed by atoms with Crippen LogP contribution in [0.1, 0.15) is 11.3 Å². The molecule has 0 atom stereocenters. The lowest BCUT2D eigenvalue weighted by atomic mass is 10.1. The normalized spacial score (nSPS) is 10.5. The molecular formula is C11H13N3O. The summed E-state index contributed by atoms with van der Waals surface area (Å²) in [5.74, 6) is 0. The standard InChI is InChI=1S/C11H13N3O/c1-8-5-14(7-13-8)10-2-3-11(12)9(4-10)6-15/h2-5,7,15H,6,12H2,1H3. The van der Waals surface area contributed by atoms with Gasteiger partial charge in [-0.15, -0.1) is 0 Å². The molecule has 0 aliphatic carbocycles. The van der Waals surface area contributed by atoms with Crippen molar-refractivity contribution >= 4 is 5.69 Å². The van der Waals surface area contributed by atoms with Crippen molar-refractivity contribution in [2.24, 2.45) is 0 Å². The number of imidazole rings is 1. The highest BCUT2D eigenvalue weighted by Crippen LogP contribution is 2.17. The minimum absolute atomic E-state index is 0.0483. The molecule has 1 aromatic heterocycles. The van der Waals surface area contributed by atoms with Gasteiger partial charge >= 0.3 is 0 Å². The van der Waals surface area contributed by atoms with Crippen LogP contribution in [0.25, 0.3) is 5.69 Å². The molecule has 4 heteroatoms. The van der Waals surface area contributed by atoms with Gasteiger partial charge in [-0.1, -0.05) is 0 Å². The van der Waals surface area contributed by atoms with E-state index in [0.29, 0.717) is 5.69 Å². The molecule has 1 heterocycles. The number of nitrogen functional groups attached to an aromatic ring is 1. The van der Waals surface area contributed by atoms with Crippen LogP contribution in [0.3, 0.4) is 0 Å². The van der Waals surface area contributed by atoms with Crippen molar-refractivity contribution in [1.29, 1.82) is 0 Å². The van der Waals surface area contributed by atoms with Crippen LogP contribution in [0.5, 0.6) is 0 Å². The average Bonchev–Trinajstić information content (AvgIpc) is 2.66. The van der Waals surface area contributed by atoms with E-state index in [0.717, 1.165) is 16.9 Å². The van der Waals surface area contributed by atoms with Crippen molar-refractivity contribution in [2.45, 2.75) is 13.5 Å². The first-order valence-corrected chi connectivity index (χ1v) is 4.71. The number of aromatic nitrogens is 2. The monoisotopic (exact) mass is 203 g/mol. The number of hydrogen-bond acceptors (Lipinski definition) is 3. The fourth-order valence-electron chi connectivity index (χ4n) is 1.45. The van der Waals surface area contributed by atoms with Gasteiger partial charge in [0.2, 0.25) is 0 Å². The van der Waals surface area contributed by atoms with Crippen molar-refractivity contribution < 1.29 is 5.11 Å². The van der Waals surface area contributed by atoms with Crippen molar-refractivity contribution in [1.82, 2.24) is 9.55 Å². The Kier molecular flexibility index (Phi) is 2.43. The van der Waals surface area contributed by atoms with Gasteiger partial charge in [0.25, 0.3) is 0 Å². The Morgan fingerprint density at radius 3 is 2.87 bits per heavy atom. The van der Waals surface area contributed by atoms with Crippen LogP contribution >= 0.6 is 0 Å². The SMILES string of the molecule is Cc1cn(-c2ccc(N)c(CO)c2)cn1. The van der Waals surface area contributed by atoms with E-state index in [2.05, 4.69) is 4.98 Å². The number of rotatable bonds is 2. The molecule has 2 rings (SSSR count). The maximum atomic E-state index is 9.09. The van der Waals surface area contributed by atoms with Gasteiger partial charge in [0.05, 0.1) is 18.6 Å². The number of aryl methyl sites for hydroxylation is 1. The summed E-state index contributed by atoms with van der Waals surface area (Å²) in [4.78, 5) is 4.14. The summed E-state index contributed by atoms with van der Waals surface area (Å²) in [6.45, 7) is 1.88. The lowest BCUT2D eigenvalue weighted by Crippen LogP contribution is -1.97. The summed E-state index contributed by atoms with van der Waals surface area (Å²) in [5, 5.41) is 9.09. The fraction of sp³-hybridized carbons (Fsp3) is 0.182. The Hall–Kier alpha value is -1.81. The maximum Gasteiger partial charge on any atom is 0.0995 e. The lowest BCUT2D eigenvalue weighted by Gasteiger charge is -2.06. The molecule has 78 valence electrons. The third-order valence-electron chi connectivity index (χ3n) is 2.31. The Morgan fingerprint density at radius 2 is 2.27 bits per heavy atom. The second kappa shape index (κ2) is 3.74. The van der Waals surface area contributed by atoms with Crippen molar-refractivity contribution in [3.05, 3.63) is 42.0 Å². The average molecular weight is 203 g/mol. The van der Waals surface area contributed by atoms with Crippen molar-refractivity contribution in [3.63, 3.8) is 0 Å².